The molecule has 2 aliphatic rings. The Bertz CT molecular complexity index is 1540. The van der Waals surface area contributed by atoms with Gasteiger partial charge in [-0.25, -0.2) is 0 Å². The highest BCUT2D eigenvalue weighted by Gasteiger charge is 2.44. The molecule has 56 heavy (non-hydrogen) atoms. The Balaban J connectivity index is 1.73. The van der Waals surface area contributed by atoms with Gasteiger partial charge in [0, 0.05) is 56.8 Å². The maximum absolute atomic E-state index is 14.3. The Labute approximate surface area is 334 Å². The zero-order chi connectivity index (χ0) is 42.0. The van der Waals surface area contributed by atoms with Crippen molar-refractivity contribution >= 4 is 41.4 Å². The molecule has 3 rings (SSSR count). The Morgan fingerprint density at radius 2 is 1.07 bits per heavy atom. The summed E-state index contributed by atoms with van der Waals surface area (Å²) in [4.78, 5) is 106. The van der Waals surface area contributed by atoms with Gasteiger partial charge in [-0.2, -0.15) is 0 Å². The van der Waals surface area contributed by atoms with Crippen molar-refractivity contribution in [3.05, 3.63) is 35.9 Å². The Hall–Kier alpha value is -4.49. The first-order valence-electron chi connectivity index (χ1n) is 20.4. The van der Waals surface area contributed by atoms with E-state index in [0.29, 0.717) is 38.8 Å². The molecule has 2 fully saturated rings. The first-order valence-corrected chi connectivity index (χ1v) is 20.4. The highest BCUT2D eigenvalue weighted by atomic mass is 16.2. The van der Waals surface area contributed by atoms with E-state index in [1.165, 1.54) is 31.4 Å². The average Bonchev–Trinajstić information content (AvgIpc) is 3.81. The molecule has 0 radical (unpaired) electrons. The van der Waals surface area contributed by atoms with Crippen molar-refractivity contribution in [3.63, 3.8) is 0 Å². The minimum atomic E-state index is -0.794. The Kier molecular flexibility index (Phi) is 16.9. The fourth-order valence-corrected chi connectivity index (χ4v) is 7.83. The van der Waals surface area contributed by atoms with Crippen LogP contribution in [0.2, 0.25) is 0 Å². The lowest BCUT2D eigenvalue weighted by atomic mass is 10.1. The Morgan fingerprint density at radius 3 is 1.59 bits per heavy atom. The third kappa shape index (κ3) is 11.8. The summed E-state index contributed by atoms with van der Waals surface area (Å²) >= 11 is 0. The molecule has 2 aliphatic heterocycles. The van der Waals surface area contributed by atoms with Crippen LogP contribution >= 0.6 is 0 Å². The van der Waals surface area contributed by atoms with E-state index in [1.54, 1.807) is 9.80 Å². The van der Waals surface area contributed by atoms with Gasteiger partial charge in [-0.3, -0.25) is 33.6 Å². The van der Waals surface area contributed by atoms with Crippen LogP contribution in [0.1, 0.15) is 107 Å². The van der Waals surface area contributed by atoms with Crippen LogP contribution in [-0.4, -0.2) is 157 Å². The molecule has 14 heteroatoms. The van der Waals surface area contributed by atoms with E-state index >= 15 is 0 Å². The molecule has 0 saturated carbocycles. The highest BCUT2D eigenvalue weighted by molar-refractivity contribution is 5.96. The number of carbonyl (C=O) groups is 7. The molecule has 0 aliphatic carbocycles. The highest BCUT2D eigenvalue weighted by Crippen LogP contribution is 2.27. The molecule has 0 bridgehead atoms. The summed E-state index contributed by atoms with van der Waals surface area (Å²) in [5.74, 6) is -2.15. The molecule has 14 nitrogen and oxygen atoms in total. The summed E-state index contributed by atoms with van der Waals surface area (Å²) in [5, 5.41) is 0. The van der Waals surface area contributed by atoms with Crippen LogP contribution < -0.4 is 0 Å². The monoisotopic (exact) mass is 782 g/mol. The number of benzene rings is 1. The van der Waals surface area contributed by atoms with Gasteiger partial charge in [0.05, 0.1) is 0 Å². The van der Waals surface area contributed by atoms with Gasteiger partial charge < -0.3 is 34.3 Å². The predicted octanol–water partition coefficient (Wildman–Crippen LogP) is 3.37. The summed E-state index contributed by atoms with van der Waals surface area (Å²) in [7, 11) is 0. The van der Waals surface area contributed by atoms with E-state index in [9.17, 15) is 33.6 Å². The van der Waals surface area contributed by atoms with Crippen LogP contribution in [-0.2, 0) is 40.1 Å². The third-order valence-corrected chi connectivity index (χ3v) is 10.8. The minimum absolute atomic E-state index is 0.0390. The van der Waals surface area contributed by atoms with E-state index < -0.39 is 12.1 Å². The molecule has 2 heterocycles. The van der Waals surface area contributed by atoms with Crippen molar-refractivity contribution in [1.82, 2.24) is 34.3 Å². The van der Waals surface area contributed by atoms with Crippen molar-refractivity contribution in [3.8, 4) is 0 Å². The van der Waals surface area contributed by atoms with Crippen LogP contribution in [0.4, 0.5) is 0 Å². The molecular formula is C42H67N7O7. The minimum Gasteiger partial charge on any atom is -0.336 e. The number of amides is 7. The fraction of sp³-hybridized carbons (Fsp3) is 0.690. The van der Waals surface area contributed by atoms with Gasteiger partial charge in [0.2, 0.25) is 41.4 Å². The molecule has 2 saturated heterocycles. The second-order valence-corrected chi connectivity index (χ2v) is 16.6. The molecule has 0 aromatic heterocycles. The van der Waals surface area contributed by atoms with Crippen molar-refractivity contribution < 1.29 is 33.6 Å². The van der Waals surface area contributed by atoms with Gasteiger partial charge in [-0.05, 0) is 100 Å². The molecule has 0 spiro atoms. The van der Waals surface area contributed by atoms with E-state index in [-0.39, 0.29) is 104 Å². The van der Waals surface area contributed by atoms with E-state index in [2.05, 4.69) is 0 Å². The second-order valence-electron chi connectivity index (χ2n) is 16.6. The van der Waals surface area contributed by atoms with Crippen LogP contribution in [0, 0.1) is 0 Å². The number of hydrogen-bond donors (Lipinski definition) is 0. The zero-order valence-electron chi connectivity index (χ0n) is 35.7. The molecule has 7 amide bonds. The molecule has 312 valence electrons. The maximum Gasteiger partial charge on any atom is 0.246 e. The van der Waals surface area contributed by atoms with Gasteiger partial charge in [0.25, 0.3) is 0 Å². The molecule has 1 aromatic carbocycles. The van der Waals surface area contributed by atoms with E-state index in [0.717, 1.165) is 5.56 Å². The van der Waals surface area contributed by atoms with Crippen molar-refractivity contribution in [2.75, 3.05) is 39.3 Å². The predicted molar refractivity (Wildman–Crippen MR) is 215 cm³/mol. The third-order valence-electron chi connectivity index (χ3n) is 10.8. The maximum atomic E-state index is 14.3. The SMILES string of the molecule is CC(=O)N(CC(=O)N(CC(=O)N1CCC[C@H]1C(=O)N1CCC[C@H]1C(=O)N(CC(=O)N(CC(=O)N(C(C)C)C(C)C)C(C)C)C(C)C)C(C)C)Cc1ccccc1. The first-order chi connectivity index (χ1) is 26.3. The number of rotatable bonds is 17. The van der Waals surface area contributed by atoms with Gasteiger partial charge in [-0.15, -0.1) is 0 Å². The summed E-state index contributed by atoms with van der Waals surface area (Å²) in [6.45, 7) is 20.3. The largest absolute Gasteiger partial charge is 0.336 e. The number of hydrogen-bond acceptors (Lipinski definition) is 7. The lowest BCUT2D eigenvalue weighted by molar-refractivity contribution is -0.153. The van der Waals surface area contributed by atoms with Crippen LogP contribution in [0.15, 0.2) is 30.3 Å². The van der Waals surface area contributed by atoms with Crippen LogP contribution in [0.25, 0.3) is 0 Å². The van der Waals surface area contributed by atoms with Crippen LogP contribution in [0.3, 0.4) is 0 Å². The van der Waals surface area contributed by atoms with Crippen LogP contribution in [0.5, 0.6) is 0 Å². The molecule has 1 aromatic rings. The second kappa shape index (κ2) is 20.6. The topological polar surface area (TPSA) is 142 Å². The molecule has 0 unspecified atom stereocenters. The van der Waals surface area contributed by atoms with Crippen molar-refractivity contribution in [2.24, 2.45) is 0 Å². The van der Waals surface area contributed by atoms with E-state index in [4.69, 9.17) is 0 Å². The van der Waals surface area contributed by atoms with Crippen molar-refractivity contribution in [1.29, 1.82) is 0 Å². The summed E-state index contributed by atoms with van der Waals surface area (Å²) in [6, 6.07) is 6.74. The van der Waals surface area contributed by atoms with Gasteiger partial charge in [0.1, 0.15) is 38.3 Å². The van der Waals surface area contributed by atoms with Gasteiger partial charge in [-0.1, -0.05) is 30.3 Å². The molecule has 2 atom stereocenters. The number of carbonyl (C=O) groups excluding carboxylic acids is 7. The molecular weight excluding hydrogens is 715 g/mol. The number of nitrogens with zero attached hydrogens (tertiary/aromatic N) is 7. The Morgan fingerprint density at radius 1 is 0.589 bits per heavy atom. The normalized spacial score (nSPS) is 16.9. The molecule has 0 N–H and O–H groups in total. The van der Waals surface area contributed by atoms with E-state index in [1.807, 2.05) is 99.6 Å². The lowest BCUT2D eigenvalue weighted by Crippen LogP contribution is -2.57. The van der Waals surface area contributed by atoms with Crippen molar-refractivity contribution in [2.45, 2.75) is 151 Å². The quantitative estimate of drug-likeness (QED) is 0.236. The summed E-state index contributed by atoms with van der Waals surface area (Å²) in [6.07, 6.45) is 2.06. The number of likely N-dealkylation sites (tertiary alicyclic amines) is 2. The summed E-state index contributed by atoms with van der Waals surface area (Å²) in [5.41, 5.74) is 0.882. The average molecular weight is 782 g/mol. The van der Waals surface area contributed by atoms with Gasteiger partial charge in [0.15, 0.2) is 0 Å². The smallest absolute Gasteiger partial charge is 0.246 e. The summed E-state index contributed by atoms with van der Waals surface area (Å²) < 4.78 is 0. The lowest BCUT2D eigenvalue weighted by Gasteiger charge is -2.37. The fourth-order valence-electron chi connectivity index (χ4n) is 7.83. The van der Waals surface area contributed by atoms with Gasteiger partial charge >= 0.3 is 0 Å². The zero-order valence-corrected chi connectivity index (χ0v) is 35.7. The standard InChI is InChI=1S/C42H67N7O7/c1-28(2)46(37(51)24-43(33(11)50)23-34-17-13-12-14-18-34)25-38(52)44-21-15-19-35(44)41(55)45-22-16-20-36(45)42(56)48(30(5)6)26-39(53)47(29(3)4)27-40(54)49(31(7)8)32(9)10/h12-14,17-18,28-32,35-36H,15-16,19-27H2,1-11H3/t35-,36-/m0/s1. The first kappa shape index (κ1) is 45.9.